The summed E-state index contributed by atoms with van der Waals surface area (Å²) >= 11 is 7.58. The molecule has 2 aromatic heterocycles. The molecule has 1 saturated heterocycles. The number of morpholine rings is 1. The van der Waals surface area contributed by atoms with Crippen LogP contribution in [0.3, 0.4) is 0 Å². The molecular formula is C22H22ClN5O4S. The van der Waals surface area contributed by atoms with Gasteiger partial charge in [-0.05, 0) is 29.8 Å². The van der Waals surface area contributed by atoms with Crippen molar-refractivity contribution in [2.24, 2.45) is 0 Å². The number of nitrogens with zero attached hydrogens (tertiary/aromatic N) is 4. The van der Waals surface area contributed by atoms with Crippen molar-refractivity contribution in [2.45, 2.75) is 0 Å². The minimum absolute atomic E-state index is 0.0987. The number of benzene rings is 1. The van der Waals surface area contributed by atoms with E-state index in [0.29, 0.717) is 41.6 Å². The van der Waals surface area contributed by atoms with E-state index in [2.05, 4.69) is 26.8 Å². The number of ether oxygens (including phenoxy) is 3. The lowest BCUT2D eigenvalue weighted by Gasteiger charge is -2.26. The van der Waals surface area contributed by atoms with Gasteiger partial charge < -0.3 is 19.1 Å². The van der Waals surface area contributed by atoms with Gasteiger partial charge in [-0.15, -0.1) is 0 Å². The van der Waals surface area contributed by atoms with Gasteiger partial charge >= 0.3 is 6.09 Å². The number of thiazole rings is 1. The van der Waals surface area contributed by atoms with E-state index in [1.165, 1.54) is 24.5 Å². The summed E-state index contributed by atoms with van der Waals surface area (Å²) in [5.41, 5.74) is 2.46. The van der Waals surface area contributed by atoms with Crippen LogP contribution in [0.1, 0.15) is 0 Å². The standard InChI is InChI=1S/C22H22ClN5O4S/c1-3-11-32-22(29)26-15-6-4-5-14(18(15)30-2)17-19(16-7-8-24-20(23)25-16)33-21(27-17)28-9-12-31-13-10-28/h3-8H,1,9-13H2,2H3,(H,26,29). The van der Waals surface area contributed by atoms with Crippen LogP contribution in [-0.4, -0.2) is 61.1 Å². The Bertz CT molecular complexity index is 1150. The molecule has 0 spiro atoms. The highest BCUT2D eigenvalue weighted by atomic mass is 35.5. The summed E-state index contributed by atoms with van der Waals surface area (Å²) in [6, 6.07) is 7.20. The summed E-state index contributed by atoms with van der Waals surface area (Å²) in [7, 11) is 1.54. The van der Waals surface area contributed by atoms with Gasteiger partial charge in [-0.3, -0.25) is 5.32 Å². The van der Waals surface area contributed by atoms with Gasteiger partial charge in [0, 0.05) is 24.8 Å². The molecule has 0 aliphatic carbocycles. The number of amides is 1. The topological polar surface area (TPSA) is 98.7 Å². The Morgan fingerprint density at radius 2 is 2.15 bits per heavy atom. The number of rotatable bonds is 7. The molecule has 1 amide bonds. The number of hydrogen-bond donors (Lipinski definition) is 1. The zero-order valence-corrected chi connectivity index (χ0v) is 19.5. The number of carbonyl (C=O) groups is 1. The molecule has 0 unspecified atom stereocenters. The second-order valence-electron chi connectivity index (χ2n) is 6.88. The van der Waals surface area contributed by atoms with Gasteiger partial charge in [0.25, 0.3) is 0 Å². The molecule has 172 valence electrons. The van der Waals surface area contributed by atoms with E-state index in [-0.39, 0.29) is 11.9 Å². The third kappa shape index (κ3) is 5.24. The van der Waals surface area contributed by atoms with E-state index in [1.54, 1.807) is 18.3 Å². The van der Waals surface area contributed by atoms with Crippen molar-refractivity contribution in [3.05, 3.63) is 48.4 Å². The molecular weight excluding hydrogens is 466 g/mol. The third-order valence-electron chi connectivity index (χ3n) is 4.80. The minimum Gasteiger partial charge on any atom is -0.494 e. The molecule has 0 atom stereocenters. The fourth-order valence-electron chi connectivity index (χ4n) is 3.34. The number of halogens is 1. The van der Waals surface area contributed by atoms with Gasteiger partial charge in [0.05, 0.1) is 42.3 Å². The smallest absolute Gasteiger partial charge is 0.412 e. The van der Waals surface area contributed by atoms with Gasteiger partial charge in [0.1, 0.15) is 6.61 Å². The van der Waals surface area contributed by atoms with Crippen molar-refractivity contribution >= 4 is 39.8 Å². The number of hydrogen-bond acceptors (Lipinski definition) is 9. The van der Waals surface area contributed by atoms with Crippen molar-refractivity contribution in [3.8, 4) is 27.6 Å². The Balaban J connectivity index is 1.80. The first kappa shape index (κ1) is 23.0. The summed E-state index contributed by atoms with van der Waals surface area (Å²) in [6.07, 6.45) is 2.49. The maximum Gasteiger partial charge on any atom is 0.412 e. The Morgan fingerprint density at radius 3 is 2.88 bits per heavy atom. The van der Waals surface area contributed by atoms with Crippen LogP contribution in [0.4, 0.5) is 15.6 Å². The monoisotopic (exact) mass is 487 g/mol. The van der Waals surface area contributed by atoms with Crippen LogP contribution in [0.25, 0.3) is 21.8 Å². The number of para-hydroxylation sites is 1. The maximum atomic E-state index is 12.1. The van der Waals surface area contributed by atoms with E-state index in [1.807, 2.05) is 12.1 Å². The summed E-state index contributed by atoms with van der Waals surface area (Å²) in [5, 5.41) is 3.70. The van der Waals surface area contributed by atoms with Crippen LogP contribution in [0.15, 0.2) is 43.1 Å². The molecule has 1 aliphatic heterocycles. The minimum atomic E-state index is -0.611. The Labute approximate surface area is 200 Å². The zero-order chi connectivity index (χ0) is 23.2. The molecule has 3 aromatic rings. The molecule has 3 heterocycles. The molecule has 9 nitrogen and oxygen atoms in total. The van der Waals surface area contributed by atoms with E-state index in [9.17, 15) is 4.79 Å². The highest BCUT2D eigenvalue weighted by Gasteiger charge is 2.24. The van der Waals surface area contributed by atoms with Gasteiger partial charge in [-0.1, -0.05) is 30.1 Å². The van der Waals surface area contributed by atoms with Crippen LogP contribution in [-0.2, 0) is 9.47 Å². The van der Waals surface area contributed by atoms with E-state index >= 15 is 0 Å². The average molecular weight is 488 g/mol. The second-order valence-corrected chi connectivity index (χ2v) is 8.20. The first-order valence-electron chi connectivity index (χ1n) is 10.1. The maximum absolute atomic E-state index is 12.1. The molecule has 1 aromatic carbocycles. The number of nitrogens with one attached hydrogen (secondary N) is 1. The van der Waals surface area contributed by atoms with E-state index in [4.69, 9.17) is 30.8 Å². The van der Waals surface area contributed by atoms with E-state index in [0.717, 1.165) is 23.1 Å². The summed E-state index contributed by atoms with van der Waals surface area (Å²) in [5.74, 6) is 0.452. The summed E-state index contributed by atoms with van der Waals surface area (Å²) in [4.78, 5) is 28.4. The van der Waals surface area contributed by atoms with Crippen molar-refractivity contribution < 1.29 is 19.0 Å². The van der Waals surface area contributed by atoms with Crippen LogP contribution in [0, 0.1) is 0 Å². The van der Waals surface area contributed by atoms with Crippen molar-refractivity contribution in [1.82, 2.24) is 15.0 Å². The lowest BCUT2D eigenvalue weighted by atomic mass is 10.1. The molecule has 1 fully saturated rings. The quantitative estimate of drug-likeness (QED) is 0.384. The van der Waals surface area contributed by atoms with Crippen LogP contribution < -0.4 is 15.0 Å². The summed E-state index contributed by atoms with van der Waals surface area (Å²) in [6.45, 7) is 6.40. The first-order chi connectivity index (χ1) is 16.1. The predicted octanol–water partition coefficient (Wildman–Crippen LogP) is 4.50. The molecule has 1 N–H and O–H groups in total. The van der Waals surface area contributed by atoms with Crippen molar-refractivity contribution in [1.29, 1.82) is 0 Å². The van der Waals surface area contributed by atoms with Crippen molar-refractivity contribution in [3.63, 3.8) is 0 Å². The zero-order valence-electron chi connectivity index (χ0n) is 17.9. The molecule has 0 bridgehead atoms. The van der Waals surface area contributed by atoms with Gasteiger partial charge in [0.15, 0.2) is 10.9 Å². The fourth-order valence-corrected chi connectivity index (χ4v) is 4.59. The Hall–Kier alpha value is -3.21. The van der Waals surface area contributed by atoms with Crippen molar-refractivity contribution in [2.75, 3.05) is 50.2 Å². The Morgan fingerprint density at radius 1 is 1.33 bits per heavy atom. The highest BCUT2D eigenvalue weighted by molar-refractivity contribution is 7.19. The number of carbonyl (C=O) groups excluding carboxylic acids is 1. The predicted molar refractivity (Wildman–Crippen MR) is 128 cm³/mol. The van der Waals surface area contributed by atoms with E-state index < -0.39 is 6.09 Å². The Kier molecular flexibility index (Phi) is 7.38. The lowest BCUT2D eigenvalue weighted by molar-refractivity contribution is 0.122. The SMILES string of the molecule is C=CCOC(=O)Nc1cccc(-c2nc(N3CCOCC3)sc2-c2ccnc(Cl)n2)c1OC. The molecule has 0 saturated carbocycles. The third-order valence-corrected chi connectivity index (χ3v) is 6.12. The second kappa shape index (κ2) is 10.6. The molecule has 11 heteroatoms. The van der Waals surface area contributed by atoms with Gasteiger partial charge in [-0.2, -0.15) is 0 Å². The fraction of sp³-hybridized carbons (Fsp3) is 0.273. The molecule has 4 rings (SSSR count). The van der Waals surface area contributed by atoms with Crippen LogP contribution in [0.5, 0.6) is 5.75 Å². The average Bonchev–Trinajstić information content (AvgIpc) is 3.28. The van der Waals surface area contributed by atoms with Crippen LogP contribution >= 0.6 is 22.9 Å². The summed E-state index contributed by atoms with van der Waals surface area (Å²) < 4.78 is 16.2. The molecule has 33 heavy (non-hydrogen) atoms. The van der Waals surface area contributed by atoms with Crippen LogP contribution in [0.2, 0.25) is 5.28 Å². The highest BCUT2D eigenvalue weighted by Crippen LogP contribution is 2.45. The molecule has 1 aliphatic rings. The number of aromatic nitrogens is 3. The largest absolute Gasteiger partial charge is 0.494 e. The van der Waals surface area contributed by atoms with Gasteiger partial charge in [0.2, 0.25) is 5.28 Å². The molecule has 0 radical (unpaired) electrons. The normalized spacial score (nSPS) is 13.5. The first-order valence-corrected chi connectivity index (χ1v) is 11.3. The lowest BCUT2D eigenvalue weighted by Crippen LogP contribution is -2.36. The number of anilines is 2. The number of methoxy groups -OCH3 is 1. The van der Waals surface area contributed by atoms with Gasteiger partial charge in [-0.25, -0.2) is 19.7 Å².